The summed E-state index contributed by atoms with van der Waals surface area (Å²) in [7, 11) is 0. The molecule has 1 unspecified atom stereocenters. The summed E-state index contributed by atoms with van der Waals surface area (Å²) in [6.45, 7) is 3.84. The predicted molar refractivity (Wildman–Crippen MR) is 74.8 cm³/mol. The van der Waals surface area contributed by atoms with Gasteiger partial charge in [-0.2, -0.15) is 0 Å². The number of anilines is 1. The first-order chi connectivity index (χ1) is 9.11. The van der Waals surface area contributed by atoms with Gasteiger partial charge in [0.15, 0.2) is 0 Å². The van der Waals surface area contributed by atoms with Crippen LogP contribution in [-0.4, -0.2) is 35.9 Å². The number of aliphatic hydroxyl groups excluding tert-OH is 1. The first-order valence-corrected chi connectivity index (χ1v) is 6.81. The molecule has 2 N–H and O–H groups in total. The molecule has 2 rings (SSSR count). The number of aryl methyl sites for hydroxylation is 1. The Bertz CT molecular complexity index is 457. The number of benzene rings is 1. The van der Waals surface area contributed by atoms with Crippen molar-refractivity contribution in [2.24, 2.45) is 5.92 Å². The first-order valence-electron chi connectivity index (χ1n) is 6.81. The van der Waals surface area contributed by atoms with Crippen LogP contribution < -0.4 is 4.90 Å². The molecule has 1 heterocycles. The smallest absolute Gasteiger partial charge is 0.337 e. The fraction of sp³-hybridized carbons (Fsp3) is 0.533. The van der Waals surface area contributed by atoms with E-state index in [1.165, 1.54) is 0 Å². The molecule has 4 heteroatoms. The van der Waals surface area contributed by atoms with Gasteiger partial charge in [-0.25, -0.2) is 4.79 Å². The van der Waals surface area contributed by atoms with E-state index < -0.39 is 5.97 Å². The van der Waals surface area contributed by atoms with E-state index in [0.29, 0.717) is 11.5 Å². The van der Waals surface area contributed by atoms with E-state index in [-0.39, 0.29) is 6.61 Å². The van der Waals surface area contributed by atoms with E-state index in [1.807, 2.05) is 19.1 Å². The lowest BCUT2D eigenvalue weighted by molar-refractivity contribution is 0.0697. The molecule has 1 aliphatic rings. The van der Waals surface area contributed by atoms with Crippen LogP contribution in [0.3, 0.4) is 0 Å². The molecule has 4 nitrogen and oxygen atoms in total. The molecule has 19 heavy (non-hydrogen) atoms. The largest absolute Gasteiger partial charge is 0.478 e. The van der Waals surface area contributed by atoms with Crippen LogP contribution in [0.1, 0.15) is 35.2 Å². The third-order valence-corrected chi connectivity index (χ3v) is 3.78. The van der Waals surface area contributed by atoms with Gasteiger partial charge in [-0.05, 0) is 44.2 Å². The Labute approximate surface area is 113 Å². The molecule has 104 valence electrons. The lowest BCUT2D eigenvalue weighted by Crippen LogP contribution is -2.36. The van der Waals surface area contributed by atoms with E-state index in [4.69, 9.17) is 5.11 Å². The van der Waals surface area contributed by atoms with E-state index in [2.05, 4.69) is 4.90 Å². The molecule has 1 aromatic rings. The summed E-state index contributed by atoms with van der Waals surface area (Å²) in [6.07, 6.45) is 2.97. The maximum absolute atomic E-state index is 11.4. The summed E-state index contributed by atoms with van der Waals surface area (Å²) >= 11 is 0. The SMILES string of the molecule is Cc1ccc(N2CCCC(CCO)C2)c(C(=O)O)c1. The molecule has 0 saturated carbocycles. The fourth-order valence-electron chi connectivity index (χ4n) is 2.80. The zero-order valence-electron chi connectivity index (χ0n) is 11.3. The average molecular weight is 263 g/mol. The third-order valence-electron chi connectivity index (χ3n) is 3.78. The fourth-order valence-corrected chi connectivity index (χ4v) is 2.80. The van der Waals surface area contributed by atoms with Crippen LogP contribution in [0, 0.1) is 12.8 Å². The number of hydrogen-bond donors (Lipinski definition) is 2. The second kappa shape index (κ2) is 6.06. The average Bonchev–Trinajstić information content (AvgIpc) is 2.39. The van der Waals surface area contributed by atoms with Crippen LogP contribution in [0.5, 0.6) is 0 Å². The Balaban J connectivity index is 2.23. The number of aromatic carboxylic acids is 1. The summed E-state index contributed by atoms with van der Waals surface area (Å²) in [6, 6.07) is 5.59. The monoisotopic (exact) mass is 263 g/mol. The van der Waals surface area contributed by atoms with Crippen LogP contribution in [0.2, 0.25) is 0 Å². The zero-order chi connectivity index (χ0) is 13.8. The van der Waals surface area contributed by atoms with Crippen molar-refractivity contribution >= 4 is 11.7 Å². The third kappa shape index (κ3) is 3.26. The van der Waals surface area contributed by atoms with Gasteiger partial charge in [0.05, 0.1) is 11.3 Å². The predicted octanol–water partition coefficient (Wildman–Crippen LogP) is 2.29. The van der Waals surface area contributed by atoms with Crippen molar-refractivity contribution in [1.82, 2.24) is 0 Å². The summed E-state index contributed by atoms with van der Waals surface area (Å²) in [5, 5.41) is 18.4. The second-order valence-electron chi connectivity index (χ2n) is 5.29. The Hall–Kier alpha value is -1.55. The highest BCUT2D eigenvalue weighted by Crippen LogP contribution is 2.28. The number of hydrogen-bond acceptors (Lipinski definition) is 3. The lowest BCUT2D eigenvalue weighted by Gasteiger charge is -2.35. The van der Waals surface area contributed by atoms with E-state index in [0.717, 1.165) is 43.6 Å². The topological polar surface area (TPSA) is 60.8 Å². The minimum Gasteiger partial charge on any atom is -0.478 e. The Morgan fingerprint density at radius 1 is 1.47 bits per heavy atom. The van der Waals surface area contributed by atoms with Crippen LogP contribution in [0.15, 0.2) is 18.2 Å². The summed E-state index contributed by atoms with van der Waals surface area (Å²) in [5.74, 6) is -0.412. The number of piperidine rings is 1. The van der Waals surface area contributed by atoms with Gasteiger partial charge in [0.25, 0.3) is 0 Å². The molecular weight excluding hydrogens is 242 g/mol. The number of carboxylic acid groups (broad SMARTS) is 1. The maximum atomic E-state index is 11.4. The van der Waals surface area contributed by atoms with Gasteiger partial charge in [-0.15, -0.1) is 0 Å². The summed E-state index contributed by atoms with van der Waals surface area (Å²) in [5.41, 5.74) is 2.15. The molecule has 0 bridgehead atoms. The molecule has 0 amide bonds. The van der Waals surface area contributed by atoms with Crippen molar-refractivity contribution < 1.29 is 15.0 Å². The molecule has 1 fully saturated rings. The molecule has 1 aliphatic heterocycles. The number of rotatable bonds is 4. The normalized spacial score (nSPS) is 19.5. The number of carboxylic acids is 1. The van der Waals surface area contributed by atoms with Crippen molar-refractivity contribution in [2.45, 2.75) is 26.2 Å². The highest BCUT2D eigenvalue weighted by Gasteiger charge is 2.23. The van der Waals surface area contributed by atoms with Gasteiger partial charge in [0.1, 0.15) is 0 Å². The van der Waals surface area contributed by atoms with Gasteiger partial charge in [-0.3, -0.25) is 0 Å². The van der Waals surface area contributed by atoms with Crippen molar-refractivity contribution in [3.8, 4) is 0 Å². The molecule has 1 saturated heterocycles. The van der Waals surface area contributed by atoms with E-state index in [9.17, 15) is 9.90 Å². The van der Waals surface area contributed by atoms with Crippen molar-refractivity contribution in [2.75, 3.05) is 24.6 Å². The van der Waals surface area contributed by atoms with Crippen molar-refractivity contribution in [3.05, 3.63) is 29.3 Å². The molecule has 1 atom stereocenters. The van der Waals surface area contributed by atoms with E-state index >= 15 is 0 Å². The number of carbonyl (C=O) groups is 1. The van der Waals surface area contributed by atoms with Gasteiger partial charge in [0, 0.05) is 19.7 Å². The summed E-state index contributed by atoms with van der Waals surface area (Å²) < 4.78 is 0. The number of nitrogens with zero attached hydrogens (tertiary/aromatic N) is 1. The van der Waals surface area contributed by atoms with Gasteiger partial charge in [-0.1, -0.05) is 11.6 Å². The van der Waals surface area contributed by atoms with Crippen LogP contribution >= 0.6 is 0 Å². The molecule has 0 aromatic heterocycles. The Morgan fingerprint density at radius 2 is 2.26 bits per heavy atom. The van der Waals surface area contributed by atoms with E-state index in [1.54, 1.807) is 6.07 Å². The second-order valence-corrected chi connectivity index (χ2v) is 5.29. The van der Waals surface area contributed by atoms with Crippen LogP contribution in [0.25, 0.3) is 0 Å². The minimum absolute atomic E-state index is 0.207. The first kappa shape index (κ1) is 13.9. The lowest BCUT2D eigenvalue weighted by atomic mass is 9.94. The Morgan fingerprint density at radius 3 is 2.95 bits per heavy atom. The minimum atomic E-state index is -0.872. The molecule has 1 aromatic carbocycles. The van der Waals surface area contributed by atoms with Gasteiger partial charge < -0.3 is 15.1 Å². The van der Waals surface area contributed by atoms with Crippen LogP contribution in [0.4, 0.5) is 5.69 Å². The highest BCUT2D eigenvalue weighted by atomic mass is 16.4. The Kier molecular flexibility index (Phi) is 4.43. The molecule has 0 radical (unpaired) electrons. The summed E-state index contributed by atoms with van der Waals surface area (Å²) in [4.78, 5) is 13.5. The van der Waals surface area contributed by atoms with Gasteiger partial charge >= 0.3 is 5.97 Å². The maximum Gasteiger partial charge on any atom is 0.337 e. The van der Waals surface area contributed by atoms with Crippen LogP contribution in [-0.2, 0) is 0 Å². The molecule has 0 aliphatic carbocycles. The van der Waals surface area contributed by atoms with Crippen molar-refractivity contribution in [1.29, 1.82) is 0 Å². The van der Waals surface area contributed by atoms with Crippen molar-refractivity contribution in [3.63, 3.8) is 0 Å². The van der Waals surface area contributed by atoms with Gasteiger partial charge in [0.2, 0.25) is 0 Å². The quantitative estimate of drug-likeness (QED) is 0.875. The zero-order valence-corrected chi connectivity index (χ0v) is 11.3. The standard InChI is InChI=1S/C15H21NO3/c1-11-4-5-14(13(9-11)15(18)19)16-7-2-3-12(10-16)6-8-17/h4-5,9,12,17H,2-3,6-8,10H2,1H3,(H,18,19). The molecule has 0 spiro atoms. The number of aliphatic hydroxyl groups is 1. The highest BCUT2D eigenvalue weighted by molar-refractivity contribution is 5.94. The molecular formula is C15H21NO3.